The number of carbonyl (C=O) groups excluding carboxylic acids is 2. The Morgan fingerprint density at radius 3 is 2.44 bits per heavy atom. The number of methoxy groups -OCH3 is 1. The summed E-state index contributed by atoms with van der Waals surface area (Å²) in [6.45, 7) is 4.74. The van der Waals surface area contributed by atoms with E-state index >= 15 is 0 Å². The molecule has 5 heteroatoms. The van der Waals surface area contributed by atoms with Crippen molar-refractivity contribution in [2.45, 2.75) is 32.6 Å². The lowest BCUT2D eigenvalue weighted by Gasteiger charge is -2.17. The van der Waals surface area contributed by atoms with Gasteiger partial charge in [-0.15, -0.1) is 0 Å². The first kappa shape index (κ1) is 19.0. The number of anilines is 2. The molecule has 0 aliphatic carbocycles. The second-order valence-electron chi connectivity index (χ2n) is 7.02. The van der Waals surface area contributed by atoms with Crippen molar-refractivity contribution in [1.29, 1.82) is 0 Å². The molecule has 1 N–H and O–H groups in total. The fourth-order valence-corrected chi connectivity index (χ4v) is 3.27. The van der Waals surface area contributed by atoms with Gasteiger partial charge >= 0.3 is 0 Å². The summed E-state index contributed by atoms with van der Waals surface area (Å²) >= 11 is 0. The molecule has 2 amide bonds. The number of rotatable bonds is 6. The van der Waals surface area contributed by atoms with Gasteiger partial charge in [0.05, 0.1) is 13.0 Å². The molecular formula is C22H26N2O3. The third-order valence-electron chi connectivity index (χ3n) is 5.24. The van der Waals surface area contributed by atoms with E-state index in [1.54, 1.807) is 12.0 Å². The molecule has 2 atom stereocenters. The lowest BCUT2D eigenvalue weighted by Crippen LogP contribution is -2.28. The minimum atomic E-state index is -0.353. The van der Waals surface area contributed by atoms with Gasteiger partial charge in [0.15, 0.2) is 0 Å². The normalized spacial score (nSPS) is 17.7. The predicted molar refractivity (Wildman–Crippen MR) is 107 cm³/mol. The molecule has 0 radical (unpaired) electrons. The standard InChI is InChI=1S/C22H26N2O3/c1-4-15(2)16-5-7-18(8-6-16)23-22(26)17-13-21(25)24(14-17)19-9-11-20(27-3)12-10-19/h5-12,15,17H,4,13-14H2,1-3H3,(H,23,26)/t15-,17+/m0/s1. The highest BCUT2D eigenvalue weighted by atomic mass is 16.5. The molecule has 2 aromatic carbocycles. The molecule has 1 fully saturated rings. The first-order valence-corrected chi connectivity index (χ1v) is 9.37. The molecule has 0 aromatic heterocycles. The van der Waals surface area contributed by atoms with Gasteiger partial charge < -0.3 is 15.0 Å². The van der Waals surface area contributed by atoms with Crippen LogP contribution in [0, 0.1) is 5.92 Å². The Bertz CT molecular complexity index is 799. The Morgan fingerprint density at radius 2 is 1.85 bits per heavy atom. The highest BCUT2D eigenvalue weighted by Gasteiger charge is 2.35. The molecule has 1 saturated heterocycles. The van der Waals surface area contributed by atoms with Crippen molar-refractivity contribution >= 4 is 23.2 Å². The smallest absolute Gasteiger partial charge is 0.229 e. The molecule has 1 heterocycles. The zero-order chi connectivity index (χ0) is 19.4. The van der Waals surface area contributed by atoms with Gasteiger partial charge in [0, 0.05) is 24.3 Å². The van der Waals surface area contributed by atoms with Crippen LogP contribution in [0.3, 0.4) is 0 Å². The van der Waals surface area contributed by atoms with E-state index in [-0.39, 0.29) is 24.2 Å². The topological polar surface area (TPSA) is 58.6 Å². The number of hydrogen-bond donors (Lipinski definition) is 1. The highest BCUT2D eigenvalue weighted by molar-refractivity contribution is 6.03. The van der Waals surface area contributed by atoms with Crippen LogP contribution in [-0.2, 0) is 9.59 Å². The number of ether oxygens (including phenoxy) is 1. The van der Waals surface area contributed by atoms with Crippen molar-refractivity contribution in [3.05, 3.63) is 54.1 Å². The molecule has 2 aromatic rings. The van der Waals surface area contributed by atoms with Crippen LogP contribution in [0.4, 0.5) is 11.4 Å². The molecule has 3 rings (SSSR count). The summed E-state index contributed by atoms with van der Waals surface area (Å²) in [6, 6.07) is 15.3. The molecule has 1 aliphatic rings. The van der Waals surface area contributed by atoms with E-state index in [1.165, 1.54) is 5.56 Å². The summed E-state index contributed by atoms with van der Waals surface area (Å²) in [5, 5.41) is 2.94. The molecular weight excluding hydrogens is 340 g/mol. The quantitative estimate of drug-likeness (QED) is 0.833. The molecule has 27 heavy (non-hydrogen) atoms. The second kappa shape index (κ2) is 8.25. The molecule has 5 nitrogen and oxygen atoms in total. The van der Waals surface area contributed by atoms with Crippen LogP contribution >= 0.6 is 0 Å². The zero-order valence-corrected chi connectivity index (χ0v) is 16.1. The summed E-state index contributed by atoms with van der Waals surface area (Å²) in [5.74, 6) is 0.734. The molecule has 142 valence electrons. The van der Waals surface area contributed by atoms with Crippen LogP contribution in [0.2, 0.25) is 0 Å². The Balaban J connectivity index is 1.63. The van der Waals surface area contributed by atoms with E-state index < -0.39 is 0 Å². The van der Waals surface area contributed by atoms with E-state index in [0.29, 0.717) is 12.5 Å². The fourth-order valence-electron chi connectivity index (χ4n) is 3.27. The van der Waals surface area contributed by atoms with Crippen molar-refractivity contribution in [2.75, 3.05) is 23.9 Å². The van der Waals surface area contributed by atoms with Gasteiger partial charge in [-0.1, -0.05) is 26.0 Å². The fraction of sp³-hybridized carbons (Fsp3) is 0.364. The predicted octanol–water partition coefficient (Wildman–Crippen LogP) is 4.20. The SMILES string of the molecule is CC[C@H](C)c1ccc(NC(=O)[C@@H]2CC(=O)N(c3ccc(OC)cc3)C2)cc1. The van der Waals surface area contributed by atoms with Crippen LogP contribution < -0.4 is 15.0 Å². The van der Waals surface area contributed by atoms with Gasteiger partial charge in [-0.3, -0.25) is 9.59 Å². The van der Waals surface area contributed by atoms with Crippen molar-refractivity contribution in [2.24, 2.45) is 5.92 Å². The van der Waals surface area contributed by atoms with Gasteiger partial charge in [0.2, 0.25) is 11.8 Å². The number of carbonyl (C=O) groups is 2. The molecule has 0 bridgehead atoms. The summed E-state index contributed by atoms with van der Waals surface area (Å²) in [7, 11) is 1.60. The van der Waals surface area contributed by atoms with Crippen LogP contribution in [0.25, 0.3) is 0 Å². The summed E-state index contributed by atoms with van der Waals surface area (Å²) < 4.78 is 5.15. The average Bonchev–Trinajstić information content (AvgIpc) is 3.10. The number of amides is 2. The lowest BCUT2D eigenvalue weighted by molar-refractivity contribution is -0.122. The van der Waals surface area contributed by atoms with Gasteiger partial charge in [-0.05, 0) is 54.3 Å². The van der Waals surface area contributed by atoms with E-state index in [9.17, 15) is 9.59 Å². The van der Waals surface area contributed by atoms with Gasteiger partial charge in [0.1, 0.15) is 5.75 Å². The Morgan fingerprint density at radius 1 is 1.19 bits per heavy atom. The van der Waals surface area contributed by atoms with Gasteiger partial charge in [-0.2, -0.15) is 0 Å². The lowest BCUT2D eigenvalue weighted by atomic mass is 9.98. The van der Waals surface area contributed by atoms with E-state index in [2.05, 4.69) is 19.2 Å². The average molecular weight is 366 g/mol. The number of nitrogens with one attached hydrogen (secondary N) is 1. The van der Waals surface area contributed by atoms with Crippen molar-refractivity contribution in [3.63, 3.8) is 0 Å². The Labute approximate surface area is 160 Å². The van der Waals surface area contributed by atoms with Crippen molar-refractivity contribution < 1.29 is 14.3 Å². The third-order valence-corrected chi connectivity index (χ3v) is 5.24. The molecule has 0 saturated carbocycles. The monoisotopic (exact) mass is 366 g/mol. The Kier molecular flexibility index (Phi) is 5.79. The minimum Gasteiger partial charge on any atom is -0.497 e. The minimum absolute atomic E-state index is 0.0348. The maximum absolute atomic E-state index is 12.6. The molecule has 1 aliphatic heterocycles. The van der Waals surface area contributed by atoms with Crippen LogP contribution in [0.15, 0.2) is 48.5 Å². The van der Waals surface area contributed by atoms with Crippen molar-refractivity contribution in [1.82, 2.24) is 0 Å². The van der Waals surface area contributed by atoms with E-state index in [0.717, 1.165) is 23.5 Å². The maximum atomic E-state index is 12.6. The van der Waals surface area contributed by atoms with E-state index in [4.69, 9.17) is 4.74 Å². The Hall–Kier alpha value is -2.82. The largest absolute Gasteiger partial charge is 0.497 e. The van der Waals surface area contributed by atoms with Gasteiger partial charge in [-0.25, -0.2) is 0 Å². The second-order valence-corrected chi connectivity index (χ2v) is 7.02. The number of benzene rings is 2. The van der Waals surface area contributed by atoms with Crippen LogP contribution in [0.1, 0.15) is 38.2 Å². The number of hydrogen-bond acceptors (Lipinski definition) is 3. The summed E-state index contributed by atoms with van der Waals surface area (Å²) in [5.41, 5.74) is 2.81. The van der Waals surface area contributed by atoms with Gasteiger partial charge in [0.25, 0.3) is 0 Å². The van der Waals surface area contributed by atoms with Crippen molar-refractivity contribution in [3.8, 4) is 5.75 Å². The first-order valence-electron chi connectivity index (χ1n) is 9.37. The summed E-state index contributed by atoms with van der Waals surface area (Å²) in [6.07, 6.45) is 1.31. The third kappa shape index (κ3) is 4.30. The van der Waals surface area contributed by atoms with E-state index in [1.807, 2.05) is 48.5 Å². The maximum Gasteiger partial charge on any atom is 0.229 e. The molecule has 0 unspecified atom stereocenters. The number of nitrogens with zero attached hydrogens (tertiary/aromatic N) is 1. The van der Waals surface area contributed by atoms with Crippen LogP contribution in [-0.4, -0.2) is 25.5 Å². The first-order chi connectivity index (χ1) is 13.0. The zero-order valence-electron chi connectivity index (χ0n) is 16.1. The highest BCUT2D eigenvalue weighted by Crippen LogP contribution is 2.28. The summed E-state index contributed by atoms with van der Waals surface area (Å²) in [4.78, 5) is 26.6. The molecule has 0 spiro atoms. The van der Waals surface area contributed by atoms with Crippen LogP contribution in [0.5, 0.6) is 5.75 Å².